The van der Waals surface area contributed by atoms with Gasteiger partial charge in [-0.1, -0.05) is 123 Å². The van der Waals surface area contributed by atoms with E-state index in [1.54, 1.807) is 0 Å². The van der Waals surface area contributed by atoms with E-state index in [2.05, 4.69) is 57.3 Å². The second-order valence-corrected chi connectivity index (χ2v) is 19.6. The molecule has 4 fully saturated rings. The number of hydrogen-bond acceptors (Lipinski definition) is 5. The summed E-state index contributed by atoms with van der Waals surface area (Å²) in [7, 11) is 0. The molecule has 0 saturated heterocycles. The highest BCUT2D eigenvalue weighted by atomic mass is 16.5. The number of allylic oxidation sites excluding steroid dienone is 4. The molecule has 0 aromatic carbocycles. The van der Waals surface area contributed by atoms with Crippen LogP contribution < -0.4 is 5.32 Å². The number of carbonyl (C=O) groups excluding carboxylic acids is 2. The van der Waals surface area contributed by atoms with Gasteiger partial charge >= 0.3 is 11.9 Å². The van der Waals surface area contributed by atoms with E-state index in [1.165, 1.54) is 103 Å². The minimum Gasteiger partial charge on any atom is -0.480 e. The molecule has 0 aliphatic heterocycles. The van der Waals surface area contributed by atoms with Crippen molar-refractivity contribution >= 4 is 17.8 Å². The quantitative estimate of drug-likeness (QED) is 0.0433. The molecule has 10 atom stereocenters. The van der Waals surface area contributed by atoms with Crippen molar-refractivity contribution < 1.29 is 29.3 Å². The predicted octanol–water partition coefficient (Wildman–Crippen LogP) is 12.3. The average molecular weight is 796 g/mol. The van der Waals surface area contributed by atoms with Crippen molar-refractivity contribution in [3.8, 4) is 0 Å². The van der Waals surface area contributed by atoms with Gasteiger partial charge in [0.25, 0.3) is 0 Å². The Balaban J connectivity index is 1.05. The van der Waals surface area contributed by atoms with Crippen LogP contribution in [0.25, 0.3) is 0 Å². The van der Waals surface area contributed by atoms with Crippen LogP contribution in [0.2, 0.25) is 0 Å². The van der Waals surface area contributed by atoms with Crippen molar-refractivity contribution in [3.63, 3.8) is 0 Å². The number of fused-ring (bicyclic) bond motifs is 5. The molecule has 10 unspecified atom stereocenters. The summed E-state index contributed by atoms with van der Waals surface area (Å²) < 4.78 is 6.12. The van der Waals surface area contributed by atoms with Crippen LogP contribution in [0.15, 0.2) is 24.3 Å². The number of carboxylic acid groups (broad SMARTS) is 1. The van der Waals surface area contributed by atoms with Gasteiger partial charge in [0, 0.05) is 12.8 Å². The maximum absolute atomic E-state index is 12.9. The number of hydrogen-bond donors (Lipinski definition) is 3. The van der Waals surface area contributed by atoms with Crippen LogP contribution in [-0.2, 0) is 19.1 Å². The minimum atomic E-state index is -1.02. The molecular formula is C50H85NO6. The van der Waals surface area contributed by atoms with E-state index in [0.29, 0.717) is 48.3 Å². The molecule has 0 aromatic rings. The molecular weight excluding hydrogens is 711 g/mol. The minimum absolute atomic E-state index is 0.00509. The van der Waals surface area contributed by atoms with Gasteiger partial charge in [-0.15, -0.1) is 0 Å². The van der Waals surface area contributed by atoms with Gasteiger partial charge in [-0.25, -0.2) is 0 Å². The van der Waals surface area contributed by atoms with E-state index >= 15 is 0 Å². The van der Waals surface area contributed by atoms with E-state index in [1.807, 2.05) is 0 Å². The first-order valence-corrected chi connectivity index (χ1v) is 24.2. The summed E-state index contributed by atoms with van der Waals surface area (Å²) in [4.78, 5) is 36.0. The molecule has 7 heteroatoms. The first kappa shape index (κ1) is 47.5. The van der Waals surface area contributed by atoms with E-state index in [-0.39, 0.29) is 41.5 Å². The summed E-state index contributed by atoms with van der Waals surface area (Å²) in [6.07, 6.45) is 40.6. The third-order valence-corrected chi connectivity index (χ3v) is 15.9. The molecule has 0 spiro atoms. The maximum atomic E-state index is 12.9. The second kappa shape index (κ2) is 24.8. The molecule has 3 N–H and O–H groups in total. The van der Waals surface area contributed by atoms with Crippen molar-refractivity contribution in [1.29, 1.82) is 0 Å². The standard InChI is InChI=1S/C50H85NO6/c1-5-6-7-8-9-10-11-12-13-14-15-16-17-18-19-20-21-22-23-24-25-26-48(56)57-40-33-34-49(3)39(35-40)28-29-41-43-31-30-42(50(43,4)45(52)36-44(41)49)38(2)27-32-46(53)51-37-47(54)55/h11-12,14-15,38-45,52H,5-10,13,16-37H2,1-4H3,(H,51,53)(H,54,55)/b12-11-,15-14-. The largest absolute Gasteiger partial charge is 0.480 e. The number of ether oxygens (including phenoxy) is 1. The van der Waals surface area contributed by atoms with Gasteiger partial charge in [0.2, 0.25) is 5.91 Å². The molecule has 4 aliphatic rings. The third kappa shape index (κ3) is 14.2. The number of aliphatic hydroxyl groups is 1. The third-order valence-electron chi connectivity index (χ3n) is 15.9. The predicted molar refractivity (Wildman–Crippen MR) is 233 cm³/mol. The molecule has 4 aliphatic carbocycles. The van der Waals surface area contributed by atoms with Crippen molar-refractivity contribution in [3.05, 3.63) is 24.3 Å². The molecule has 4 saturated carbocycles. The van der Waals surface area contributed by atoms with Crippen molar-refractivity contribution in [1.82, 2.24) is 5.32 Å². The number of amides is 1. The normalized spacial score (nSPS) is 31.5. The molecule has 0 aromatic heterocycles. The van der Waals surface area contributed by atoms with E-state index < -0.39 is 5.97 Å². The molecule has 4 rings (SSSR count). The summed E-state index contributed by atoms with van der Waals surface area (Å²) in [6.45, 7) is 8.98. The van der Waals surface area contributed by atoms with Crippen LogP contribution in [0.3, 0.4) is 0 Å². The van der Waals surface area contributed by atoms with Gasteiger partial charge in [0.05, 0.1) is 6.10 Å². The topological polar surface area (TPSA) is 113 Å². The highest BCUT2D eigenvalue weighted by molar-refractivity contribution is 5.81. The zero-order valence-electron chi connectivity index (χ0n) is 37.0. The van der Waals surface area contributed by atoms with Gasteiger partial charge in [-0.2, -0.15) is 0 Å². The summed E-state index contributed by atoms with van der Waals surface area (Å²) in [5, 5.41) is 23.3. The highest BCUT2D eigenvalue weighted by Crippen LogP contribution is 2.68. The number of carbonyl (C=O) groups is 3. The first-order chi connectivity index (χ1) is 27.5. The Morgan fingerprint density at radius 1 is 0.754 bits per heavy atom. The van der Waals surface area contributed by atoms with Gasteiger partial charge < -0.3 is 20.3 Å². The van der Waals surface area contributed by atoms with Crippen molar-refractivity contribution in [2.24, 2.45) is 46.3 Å². The molecule has 0 heterocycles. The Morgan fingerprint density at radius 2 is 1.39 bits per heavy atom. The Morgan fingerprint density at radius 3 is 2.04 bits per heavy atom. The molecule has 0 radical (unpaired) electrons. The number of carboxylic acids is 1. The fraction of sp³-hybridized carbons (Fsp3) is 0.860. The molecule has 326 valence electrons. The monoisotopic (exact) mass is 796 g/mol. The number of esters is 1. The van der Waals surface area contributed by atoms with Gasteiger partial charge in [-0.05, 0) is 143 Å². The molecule has 7 nitrogen and oxygen atoms in total. The van der Waals surface area contributed by atoms with Crippen LogP contribution in [0.1, 0.15) is 207 Å². The number of rotatable bonds is 27. The Hall–Kier alpha value is -2.15. The van der Waals surface area contributed by atoms with E-state index in [0.717, 1.165) is 64.2 Å². The van der Waals surface area contributed by atoms with Crippen LogP contribution in [0, 0.1) is 46.3 Å². The number of unbranched alkanes of at least 4 members (excludes halogenated alkanes) is 14. The van der Waals surface area contributed by atoms with Gasteiger partial charge in [0.1, 0.15) is 12.6 Å². The highest BCUT2D eigenvalue weighted by Gasteiger charge is 2.63. The summed E-state index contributed by atoms with van der Waals surface area (Å²) in [6, 6.07) is 0. The smallest absolute Gasteiger partial charge is 0.322 e. The maximum Gasteiger partial charge on any atom is 0.322 e. The van der Waals surface area contributed by atoms with Gasteiger partial charge in [0.15, 0.2) is 0 Å². The van der Waals surface area contributed by atoms with Crippen LogP contribution in [0.5, 0.6) is 0 Å². The molecule has 0 bridgehead atoms. The van der Waals surface area contributed by atoms with Gasteiger partial charge in [-0.3, -0.25) is 14.4 Å². The summed E-state index contributed by atoms with van der Waals surface area (Å²) in [5.41, 5.74) is 0.0391. The zero-order chi connectivity index (χ0) is 41.1. The average Bonchev–Trinajstić information content (AvgIpc) is 3.55. The summed E-state index contributed by atoms with van der Waals surface area (Å²) >= 11 is 0. The Bertz CT molecular complexity index is 1260. The lowest BCUT2D eigenvalue weighted by molar-refractivity contribution is -0.181. The van der Waals surface area contributed by atoms with Crippen LogP contribution >= 0.6 is 0 Å². The first-order valence-electron chi connectivity index (χ1n) is 24.2. The van der Waals surface area contributed by atoms with E-state index in [9.17, 15) is 19.5 Å². The van der Waals surface area contributed by atoms with Crippen molar-refractivity contribution in [2.75, 3.05) is 6.54 Å². The molecule has 1 amide bonds. The molecule has 57 heavy (non-hydrogen) atoms. The number of nitrogens with one attached hydrogen (secondary N) is 1. The van der Waals surface area contributed by atoms with Crippen LogP contribution in [0.4, 0.5) is 0 Å². The lowest BCUT2D eigenvalue weighted by Crippen LogP contribution is -2.59. The SMILES string of the molecule is CCCCCCC/C=C\C/C=C\CCCCCCCCCCCC(=O)OC1CCC2(C)C(CCC3C2CC(O)C2(C)C(C(C)CCC(=O)NCC(=O)O)CCC32)C1. The second-order valence-electron chi connectivity index (χ2n) is 19.6. The lowest BCUT2D eigenvalue weighted by atomic mass is 9.43. The van der Waals surface area contributed by atoms with E-state index in [4.69, 9.17) is 9.84 Å². The van der Waals surface area contributed by atoms with Crippen molar-refractivity contribution in [2.45, 2.75) is 220 Å². The Labute approximate surface area is 348 Å². The number of aliphatic carboxylic acids is 1. The Kier molecular flexibility index (Phi) is 20.7. The zero-order valence-corrected chi connectivity index (χ0v) is 37.0. The van der Waals surface area contributed by atoms with Crippen LogP contribution in [-0.4, -0.2) is 46.8 Å². The fourth-order valence-electron chi connectivity index (χ4n) is 12.5. The number of aliphatic hydroxyl groups excluding tert-OH is 1. The lowest BCUT2D eigenvalue weighted by Gasteiger charge is -2.62. The summed E-state index contributed by atoms with van der Waals surface area (Å²) in [5.74, 6) is 1.60. The fourth-order valence-corrected chi connectivity index (χ4v) is 12.5.